The first-order valence-electron chi connectivity index (χ1n) is 11.8. The first-order chi connectivity index (χ1) is 14.5. The molecule has 178 valence electrons. The first kappa shape index (κ1) is 27.2. The van der Waals surface area contributed by atoms with Crippen LogP contribution in [0.15, 0.2) is 4.42 Å². The van der Waals surface area contributed by atoms with Gasteiger partial charge in [0, 0.05) is 31.7 Å². The fourth-order valence-corrected chi connectivity index (χ4v) is 3.87. The Labute approximate surface area is 188 Å². The monoisotopic (exact) mass is 437 g/mol. The number of hydrogen-bond donors (Lipinski definition) is 0. The lowest BCUT2D eigenvalue weighted by molar-refractivity contribution is -0.873. The molecule has 0 radical (unpaired) electrons. The summed E-state index contributed by atoms with van der Waals surface area (Å²) in [7, 11) is 5.82. The predicted octanol–water partition coefficient (Wildman–Crippen LogP) is 3.88. The number of aryl methyl sites for hydroxylation is 2. The van der Waals surface area contributed by atoms with E-state index in [0.717, 1.165) is 69.3 Å². The fourth-order valence-electron chi connectivity index (χ4n) is 3.87. The summed E-state index contributed by atoms with van der Waals surface area (Å²) in [6.45, 7) is 6.94. The summed E-state index contributed by atoms with van der Waals surface area (Å²) < 4.78 is 12.0. The van der Waals surface area contributed by atoms with E-state index in [0.29, 0.717) is 17.4 Å². The summed E-state index contributed by atoms with van der Waals surface area (Å²) in [5.41, 5.74) is 2.62. The van der Waals surface area contributed by atoms with Crippen LogP contribution < -0.4 is 5.11 Å². The molecule has 6 nitrogen and oxygen atoms in total. The van der Waals surface area contributed by atoms with Crippen molar-refractivity contribution in [3.8, 4) is 0 Å². The number of ether oxygens (including phenoxy) is 1. The Morgan fingerprint density at radius 2 is 1.48 bits per heavy atom. The van der Waals surface area contributed by atoms with Crippen LogP contribution in [0.4, 0.5) is 0 Å². The van der Waals surface area contributed by atoms with Gasteiger partial charge in [-0.2, -0.15) is 0 Å². The molecule has 0 bridgehead atoms. The molecular weight excluding hydrogens is 394 g/mol. The second-order valence-corrected chi connectivity index (χ2v) is 9.73. The number of rotatable bonds is 16. The van der Waals surface area contributed by atoms with Crippen LogP contribution in [0.3, 0.4) is 0 Å². The number of likely N-dealkylation sites (N-methyl/N-ethyl adjacent to an activating group) is 1. The number of carboxylic acids is 1. The molecule has 0 amide bonds. The molecule has 0 saturated heterocycles. The van der Waals surface area contributed by atoms with Crippen LogP contribution in [0.5, 0.6) is 0 Å². The van der Waals surface area contributed by atoms with E-state index in [1.165, 1.54) is 11.1 Å². The maximum Gasteiger partial charge on any atom is 0.306 e. The second kappa shape index (κ2) is 13.6. The molecule has 0 aliphatic carbocycles. The molecule has 1 heterocycles. The highest BCUT2D eigenvalue weighted by atomic mass is 16.5. The summed E-state index contributed by atoms with van der Waals surface area (Å²) in [6, 6.07) is 0. The Morgan fingerprint density at radius 3 is 2.03 bits per heavy atom. The van der Waals surface area contributed by atoms with Gasteiger partial charge in [-0.05, 0) is 44.2 Å². The van der Waals surface area contributed by atoms with E-state index in [-0.39, 0.29) is 12.4 Å². The molecule has 0 spiro atoms. The van der Waals surface area contributed by atoms with E-state index in [2.05, 4.69) is 20.8 Å². The maximum atomic E-state index is 12.1. The van der Waals surface area contributed by atoms with Crippen molar-refractivity contribution >= 4 is 11.9 Å². The van der Waals surface area contributed by atoms with Gasteiger partial charge < -0.3 is 23.5 Å². The average molecular weight is 438 g/mol. The van der Waals surface area contributed by atoms with Crippen LogP contribution in [0.25, 0.3) is 0 Å². The topological polar surface area (TPSA) is 79.6 Å². The largest absolute Gasteiger partial charge is 0.550 e. The van der Waals surface area contributed by atoms with Crippen LogP contribution in [0.2, 0.25) is 0 Å². The van der Waals surface area contributed by atoms with Gasteiger partial charge in [0.05, 0.1) is 21.1 Å². The molecule has 0 N–H and O–H groups in total. The van der Waals surface area contributed by atoms with Crippen molar-refractivity contribution < 1.29 is 28.3 Å². The maximum absolute atomic E-state index is 12.1. The molecule has 1 aromatic rings. The molecule has 31 heavy (non-hydrogen) atoms. The molecule has 0 aliphatic rings. The van der Waals surface area contributed by atoms with Crippen molar-refractivity contribution in [2.45, 2.75) is 97.5 Å². The van der Waals surface area contributed by atoms with Crippen molar-refractivity contribution in [2.75, 3.05) is 27.7 Å². The Morgan fingerprint density at radius 1 is 0.935 bits per heavy atom. The number of aliphatic carboxylic acids is 1. The lowest BCUT2D eigenvalue weighted by atomic mass is 10.0. The number of nitrogens with zero attached hydrogens (tertiary/aromatic N) is 1. The van der Waals surface area contributed by atoms with E-state index in [9.17, 15) is 14.7 Å². The summed E-state index contributed by atoms with van der Waals surface area (Å²) in [5, 5.41) is 10.9. The van der Waals surface area contributed by atoms with Crippen LogP contribution in [0.1, 0.15) is 87.4 Å². The average Bonchev–Trinajstić information content (AvgIpc) is 2.90. The molecule has 0 saturated carbocycles. The Kier molecular flexibility index (Phi) is 11.9. The van der Waals surface area contributed by atoms with Crippen molar-refractivity contribution in [1.82, 2.24) is 0 Å². The smallest absolute Gasteiger partial charge is 0.306 e. The minimum Gasteiger partial charge on any atom is -0.550 e. The van der Waals surface area contributed by atoms with Crippen molar-refractivity contribution in [3.05, 3.63) is 22.6 Å². The van der Waals surface area contributed by atoms with Gasteiger partial charge in [0.15, 0.2) is 6.10 Å². The van der Waals surface area contributed by atoms with Gasteiger partial charge in [-0.3, -0.25) is 4.79 Å². The van der Waals surface area contributed by atoms with Gasteiger partial charge in [0.25, 0.3) is 0 Å². The van der Waals surface area contributed by atoms with Crippen molar-refractivity contribution in [3.63, 3.8) is 0 Å². The van der Waals surface area contributed by atoms with E-state index >= 15 is 0 Å². The Hall–Kier alpha value is -1.82. The molecule has 6 heteroatoms. The number of hydrogen-bond acceptors (Lipinski definition) is 5. The highest BCUT2D eigenvalue weighted by molar-refractivity contribution is 5.70. The van der Waals surface area contributed by atoms with Crippen LogP contribution >= 0.6 is 0 Å². The second-order valence-electron chi connectivity index (χ2n) is 9.73. The Balaban J connectivity index is 2.19. The summed E-state index contributed by atoms with van der Waals surface area (Å²) in [5.74, 6) is 0.785. The number of carbonyl (C=O) groups excluding carboxylic acids is 2. The van der Waals surface area contributed by atoms with E-state index in [1.807, 2.05) is 21.1 Å². The lowest BCUT2D eigenvalue weighted by Crippen LogP contribution is -2.45. The van der Waals surface area contributed by atoms with Crippen molar-refractivity contribution in [1.29, 1.82) is 0 Å². The van der Waals surface area contributed by atoms with E-state index in [4.69, 9.17) is 9.15 Å². The molecule has 1 aromatic heterocycles. The lowest BCUT2D eigenvalue weighted by Gasteiger charge is -2.29. The molecule has 1 rings (SSSR count). The number of esters is 1. The number of furan rings is 1. The molecule has 0 aromatic carbocycles. The highest BCUT2D eigenvalue weighted by Crippen LogP contribution is 2.24. The number of carboxylic acid groups (broad SMARTS) is 1. The third-order valence-corrected chi connectivity index (χ3v) is 5.60. The first-order valence-corrected chi connectivity index (χ1v) is 11.8. The molecular formula is C25H43NO5. The number of quaternary nitrogens is 1. The quantitative estimate of drug-likeness (QED) is 0.223. The zero-order valence-electron chi connectivity index (χ0n) is 20.6. The molecule has 0 aliphatic heterocycles. The number of unbranched alkanes of at least 4 members (excludes halogenated alkanes) is 5. The third-order valence-electron chi connectivity index (χ3n) is 5.60. The summed E-state index contributed by atoms with van der Waals surface area (Å²) >= 11 is 0. The van der Waals surface area contributed by atoms with E-state index < -0.39 is 12.1 Å². The normalized spacial score (nSPS) is 12.7. The van der Waals surface area contributed by atoms with Gasteiger partial charge in [0.1, 0.15) is 18.1 Å². The van der Waals surface area contributed by atoms with Gasteiger partial charge >= 0.3 is 5.97 Å². The standard InChI is InChI=1S/C25H43NO5/c1-7-14-22-19(2)20(3)23(31-22)15-12-10-8-9-11-13-16-25(29)30-21(17-24(27)28)18-26(4,5)6/h21H,7-18H2,1-6H3. The minimum atomic E-state index is -1.19. The summed E-state index contributed by atoms with van der Waals surface area (Å²) in [4.78, 5) is 23.0. The summed E-state index contributed by atoms with van der Waals surface area (Å²) in [6.07, 6.45) is 8.83. The zero-order valence-corrected chi connectivity index (χ0v) is 20.6. The van der Waals surface area contributed by atoms with Gasteiger partial charge in [0.2, 0.25) is 0 Å². The molecule has 1 atom stereocenters. The molecule has 0 fully saturated rings. The minimum absolute atomic E-state index is 0.254. The predicted molar refractivity (Wildman–Crippen MR) is 121 cm³/mol. The Bertz CT molecular complexity index is 687. The van der Waals surface area contributed by atoms with Crippen LogP contribution in [-0.4, -0.2) is 50.2 Å². The van der Waals surface area contributed by atoms with E-state index in [1.54, 1.807) is 0 Å². The van der Waals surface area contributed by atoms with Crippen LogP contribution in [0, 0.1) is 13.8 Å². The number of carbonyl (C=O) groups is 2. The third kappa shape index (κ3) is 11.4. The van der Waals surface area contributed by atoms with Gasteiger partial charge in [-0.1, -0.05) is 32.6 Å². The van der Waals surface area contributed by atoms with Crippen LogP contribution in [-0.2, 0) is 27.2 Å². The van der Waals surface area contributed by atoms with Gasteiger partial charge in [-0.15, -0.1) is 0 Å². The van der Waals surface area contributed by atoms with Gasteiger partial charge in [-0.25, -0.2) is 0 Å². The van der Waals surface area contributed by atoms with Crippen molar-refractivity contribution in [2.24, 2.45) is 0 Å². The SMILES string of the molecule is CCCc1oc(CCCCCCCCC(=O)OC(CC(=O)[O-])C[N+](C)(C)C)c(C)c1C. The molecule has 1 unspecified atom stereocenters. The highest BCUT2D eigenvalue weighted by Gasteiger charge is 2.22. The zero-order chi connectivity index (χ0) is 23.4. The fraction of sp³-hybridized carbons (Fsp3) is 0.760.